The van der Waals surface area contributed by atoms with Gasteiger partial charge in [-0.3, -0.25) is 0 Å². The first-order valence-electron chi connectivity index (χ1n) is 10.8. The molecule has 0 aliphatic rings. The van der Waals surface area contributed by atoms with E-state index in [4.69, 9.17) is 0 Å². The largest absolute Gasteiger partial charge is 0.310 e. The minimum absolute atomic E-state index is 1.15. The van der Waals surface area contributed by atoms with Crippen molar-refractivity contribution < 1.29 is 0 Å². The van der Waals surface area contributed by atoms with Gasteiger partial charge in [0.1, 0.15) is 0 Å². The molecule has 154 valence electrons. The van der Waals surface area contributed by atoms with E-state index in [1.165, 1.54) is 39.1 Å². The molecule has 0 saturated carbocycles. The fraction of sp³-hybridized carbons (Fsp3) is 0.133. The van der Waals surface area contributed by atoms with Crippen LogP contribution in [0.4, 0.5) is 17.1 Å². The molecule has 0 heterocycles. The first kappa shape index (κ1) is 20.7. The Bertz CT molecular complexity index is 1180. The highest BCUT2D eigenvalue weighted by molar-refractivity contribution is 5.78. The molecule has 1 nitrogen and oxygen atoms in total. The summed E-state index contributed by atoms with van der Waals surface area (Å²) in [5.41, 5.74) is 11.0. The first-order valence-corrected chi connectivity index (χ1v) is 10.8. The summed E-state index contributed by atoms with van der Waals surface area (Å²) in [5.74, 6) is 0. The van der Waals surface area contributed by atoms with Crippen LogP contribution in [0.15, 0.2) is 91.0 Å². The van der Waals surface area contributed by atoms with Crippen LogP contribution in [0.3, 0.4) is 0 Å². The quantitative estimate of drug-likeness (QED) is 0.302. The Morgan fingerprint density at radius 3 is 1.39 bits per heavy atom. The molecule has 0 bridgehead atoms. The summed E-state index contributed by atoms with van der Waals surface area (Å²) in [4.78, 5) is 2.32. The van der Waals surface area contributed by atoms with Gasteiger partial charge in [-0.25, -0.2) is 0 Å². The topological polar surface area (TPSA) is 3.24 Å². The Balaban J connectivity index is 1.67. The van der Waals surface area contributed by atoms with E-state index in [9.17, 15) is 0 Å². The fourth-order valence-electron chi connectivity index (χ4n) is 3.61. The maximum atomic E-state index is 2.32. The Kier molecular flexibility index (Phi) is 6.04. The lowest BCUT2D eigenvalue weighted by atomic mass is 10.1. The van der Waals surface area contributed by atoms with Gasteiger partial charge >= 0.3 is 0 Å². The van der Waals surface area contributed by atoms with Gasteiger partial charge in [0.2, 0.25) is 0 Å². The lowest BCUT2D eigenvalue weighted by Gasteiger charge is -2.26. The standard InChI is InChI=1S/C30H29N/c1-22-5-10-26(11-6-22)12-13-27-14-19-29(20-15-27)31(28-16-7-23(2)8-17-28)30-18-9-24(3)25(4)21-30/h5-21H,1-4H3/b13-12-. The van der Waals surface area contributed by atoms with Gasteiger partial charge in [0.25, 0.3) is 0 Å². The van der Waals surface area contributed by atoms with Crippen molar-refractivity contribution in [1.82, 2.24) is 0 Å². The molecule has 4 aromatic carbocycles. The highest BCUT2D eigenvalue weighted by atomic mass is 15.1. The Hall–Kier alpha value is -3.58. The number of hydrogen-bond donors (Lipinski definition) is 0. The Morgan fingerprint density at radius 2 is 0.871 bits per heavy atom. The molecule has 0 radical (unpaired) electrons. The van der Waals surface area contributed by atoms with E-state index in [0.717, 1.165) is 11.4 Å². The molecule has 0 fully saturated rings. The summed E-state index contributed by atoms with van der Waals surface area (Å²) in [5, 5.41) is 0. The van der Waals surface area contributed by atoms with Crippen LogP contribution in [-0.4, -0.2) is 0 Å². The van der Waals surface area contributed by atoms with Crippen LogP contribution in [0.25, 0.3) is 12.2 Å². The molecular formula is C30H29N. The number of hydrogen-bond acceptors (Lipinski definition) is 1. The van der Waals surface area contributed by atoms with E-state index >= 15 is 0 Å². The summed E-state index contributed by atoms with van der Waals surface area (Å²) < 4.78 is 0. The minimum Gasteiger partial charge on any atom is -0.310 e. The number of anilines is 3. The second kappa shape index (κ2) is 9.06. The molecule has 4 aromatic rings. The molecular weight excluding hydrogens is 374 g/mol. The Labute approximate surface area is 186 Å². The highest BCUT2D eigenvalue weighted by Gasteiger charge is 2.13. The van der Waals surface area contributed by atoms with Crippen LogP contribution in [0.5, 0.6) is 0 Å². The van der Waals surface area contributed by atoms with Gasteiger partial charge in [0.05, 0.1) is 0 Å². The van der Waals surface area contributed by atoms with Gasteiger partial charge < -0.3 is 4.90 Å². The van der Waals surface area contributed by atoms with Crippen molar-refractivity contribution in [2.75, 3.05) is 4.90 Å². The average Bonchev–Trinajstić information content (AvgIpc) is 2.78. The van der Waals surface area contributed by atoms with Gasteiger partial charge in [-0.05, 0) is 86.3 Å². The number of benzene rings is 4. The molecule has 0 aliphatic carbocycles. The molecule has 0 saturated heterocycles. The van der Waals surface area contributed by atoms with Gasteiger partial charge in [-0.1, -0.05) is 77.9 Å². The molecule has 0 unspecified atom stereocenters. The third-order valence-corrected chi connectivity index (χ3v) is 5.74. The van der Waals surface area contributed by atoms with Crippen LogP contribution < -0.4 is 4.90 Å². The van der Waals surface area contributed by atoms with Gasteiger partial charge in [0, 0.05) is 17.1 Å². The molecule has 0 atom stereocenters. The zero-order valence-electron chi connectivity index (χ0n) is 18.8. The maximum absolute atomic E-state index is 2.32. The fourth-order valence-corrected chi connectivity index (χ4v) is 3.61. The van der Waals surface area contributed by atoms with E-state index in [2.05, 4.69) is 136 Å². The van der Waals surface area contributed by atoms with Crippen LogP contribution in [0.2, 0.25) is 0 Å². The van der Waals surface area contributed by atoms with Crippen LogP contribution >= 0.6 is 0 Å². The van der Waals surface area contributed by atoms with Crippen molar-refractivity contribution in [1.29, 1.82) is 0 Å². The molecule has 0 aromatic heterocycles. The van der Waals surface area contributed by atoms with Gasteiger partial charge in [-0.15, -0.1) is 0 Å². The van der Waals surface area contributed by atoms with Crippen molar-refractivity contribution in [2.24, 2.45) is 0 Å². The van der Waals surface area contributed by atoms with Crippen molar-refractivity contribution in [2.45, 2.75) is 27.7 Å². The van der Waals surface area contributed by atoms with Crippen LogP contribution in [0.1, 0.15) is 33.4 Å². The predicted octanol–water partition coefficient (Wildman–Crippen LogP) is 8.56. The molecule has 0 N–H and O–H groups in total. The normalized spacial score (nSPS) is 11.1. The van der Waals surface area contributed by atoms with Gasteiger partial charge in [0.15, 0.2) is 0 Å². The average molecular weight is 404 g/mol. The Morgan fingerprint density at radius 1 is 0.452 bits per heavy atom. The molecule has 0 spiro atoms. The van der Waals surface area contributed by atoms with Gasteiger partial charge in [-0.2, -0.15) is 0 Å². The molecule has 4 rings (SSSR count). The molecule has 0 amide bonds. The summed E-state index contributed by atoms with van der Waals surface area (Å²) in [6.07, 6.45) is 4.33. The van der Waals surface area contributed by atoms with Crippen molar-refractivity contribution in [3.63, 3.8) is 0 Å². The summed E-state index contributed by atoms with van der Waals surface area (Å²) in [6.45, 7) is 8.57. The summed E-state index contributed by atoms with van der Waals surface area (Å²) in [7, 11) is 0. The lowest BCUT2D eigenvalue weighted by molar-refractivity contribution is 1.24. The van der Waals surface area contributed by atoms with E-state index < -0.39 is 0 Å². The van der Waals surface area contributed by atoms with Crippen molar-refractivity contribution in [3.8, 4) is 0 Å². The van der Waals surface area contributed by atoms with Crippen LogP contribution in [0, 0.1) is 27.7 Å². The SMILES string of the molecule is Cc1ccc(/C=C\c2ccc(N(c3ccc(C)cc3)c3ccc(C)c(C)c3)cc2)cc1. The molecule has 1 heteroatoms. The van der Waals surface area contributed by atoms with Crippen molar-refractivity contribution in [3.05, 3.63) is 124 Å². The predicted molar refractivity (Wildman–Crippen MR) is 135 cm³/mol. The maximum Gasteiger partial charge on any atom is 0.0464 e. The highest BCUT2D eigenvalue weighted by Crippen LogP contribution is 2.35. The third-order valence-electron chi connectivity index (χ3n) is 5.74. The second-order valence-electron chi connectivity index (χ2n) is 8.28. The van der Waals surface area contributed by atoms with Crippen molar-refractivity contribution >= 4 is 29.2 Å². The van der Waals surface area contributed by atoms with E-state index in [-0.39, 0.29) is 0 Å². The lowest BCUT2D eigenvalue weighted by Crippen LogP contribution is -2.10. The zero-order chi connectivity index (χ0) is 21.8. The zero-order valence-corrected chi connectivity index (χ0v) is 18.8. The number of aryl methyl sites for hydroxylation is 4. The first-order chi connectivity index (χ1) is 15.0. The van der Waals surface area contributed by atoms with E-state index in [1.54, 1.807) is 0 Å². The number of rotatable bonds is 5. The molecule has 0 aliphatic heterocycles. The second-order valence-corrected chi connectivity index (χ2v) is 8.28. The number of nitrogens with zero attached hydrogens (tertiary/aromatic N) is 1. The summed E-state index contributed by atoms with van der Waals surface area (Å²) >= 11 is 0. The third kappa shape index (κ3) is 4.95. The molecule has 31 heavy (non-hydrogen) atoms. The monoisotopic (exact) mass is 403 g/mol. The van der Waals surface area contributed by atoms with E-state index in [1.807, 2.05) is 0 Å². The van der Waals surface area contributed by atoms with E-state index in [0.29, 0.717) is 0 Å². The van der Waals surface area contributed by atoms with Crippen LogP contribution in [-0.2, 0) is 0 Å². The minimum atomic E-state index is 1.15. The summed E-state index contributed by atoms with van der Waals surface area (Å²) in [6, 6.07) is 32.7. The smallest absolute Gasteiger partial charge is 0.0464 e.